The molecule has 2 rings (SSSR count). The van der Waals surface area contributed by atoms with Crippen LogP contribution in [0, 0.1) is 11.3 Å². The van der Waals surface area contributed by atoms with Crippen molar-refractivity contribution in [3.8, 4) is 0 Å². The van der Waals surface area contributed by atoms with Crippen LogP contribution in [0.4, 0.5) is 0 Å². The van der Waals surface area contributed by atoms with Gasteiger partial charge in [-0.1, -0.05) is 6.42 Å². The molecule has 1 atom stereocenters. The summed E-state index contributed by atoms with van der Waals surface area (Å²) in [5, 5.41) is 9.23. The first-order chi connectivity index (χ1) is 6.26. The molecule has 0 amide bonds. The second-order valence-corrected chi connectivity index (χ2v) is 5.38. The zero-order valence-electron chi connectivity index (χ0n) is 7.79. The molecule has 1 saturated heterocycles. The molecule has 1 unspecified atom stereocenters. The normalized spacial score (nSPS) is 32.2. The molecule has 74 valence electrons. The fourth-order valence-electron chi connectivity index (χ4n) is 2.53. The van der Waals surface area contributed by atoms with Crippen LogP contribution in [0.5, 0.6) is 0 Å². The lowest BCUT2D eigenvalue weighted by Crippen LogP contribution is -2.46. The molecule has 0 aromatic carbocycles. The van der Waals surface area contributed by atoms with Crippen molar-refractivity contribution in [2.45, 2.75) is 32.1 Å². The van der Waals surface area contributed by atoms with Gasteiger partial charge < -0.3 is 5.11 Å². The quantitative estimate of drug-likeness (QED) is 0.743. The van der Waals surface area contributed by atoms with Crippen LogP contribution in [0.25, 0.3) is 0 Å². The Hall–Kier alpha value is -0.180. The van der Waals surface area contributed by atoms with E-state index >= 15 is 0 Å². The standard InChI is InChI=1S/C10H16O2S/c11-9(12)10(4-2-5-10)8-3-1-6-13-7-8/h8H,1-7H2,(H,11,12). The number of carbonyl (C=O) groups is 1. The monoisotopic (exact) mass is 200 g/mol. The minimum atomic E-state index is -0.536. The summed E-state index contributed by atoms with van der Waals surface area (Å²) in [4.78, 5) is 11.2. The number of carboxylic acid groups (broad SMARTS) is 1. The summed E-state index contributed by atoms with van der Waals surface area (Å²) in [7, 11) is 0. The summed E-state index contributed by atoms with van der Waals surface area (Å²) in [5.74, 6) is 2.22. The molecule has 0 radical (unpaired) electrons. The molecule has 1 N–H and O–H groups in total. The third-order valence-electron chi connectivity index (χ3n) is 3.61. The van der Waals surface area contributed by atoms with Crippen LogP contribution in [0.1, 0.15) is 32.1 Å². The minimum absolute atomic E-state index is 0.312. The summed E-state index contributed by atoms with van der Waals surface area (Å²) < 4.78 is 0. The Morgan fingerprint density at radius 2 is 2.15 bits per heavy atom. The lowest BCUT2D eigenvalue weighted by atomic mass is 9.60. The first-order valence-corrected chi connectivity index (χ1v) is 6.22. The highest BCUT2D eigenvalue weighted by Crippen LogP contribution is 2.51. The van der Waals surface area contributed by atoms with Crippen LogP contribution in [0.2, 0.25) is 0 Å². The predicted molar refractivity (Wildman–Crippen MR) is 54.0 cm³/mol. The third kappa shape index (κ3) is 1.47. The van der Waals surface area contributed by atoms with Gasteiger partial charge in [0, 0.05) is 0 Å². The Morgan fingerprint density at radius 1 is 1.38 bits per heavy atom. The second-order valence-electron chi connectivity index (χ2n) is 4.23. The summed E-state index contributed by atoms with van der Waals surface area (Å²) in [5.41, 5.74) is -0.312. The average molecular weight is 200 g/mol. The van der Waals surface area contributed by atoms with Crippen LogP contribution in [0.3, 0.4) is 0 Å². The van der Waals surface area contributed by atoms with Crippen LogP contribution in [-0.4, -0.2) is 22.6 Å². The van der Waals surface area contributed by atoms with Crippen LogP contribution in [-0.2, 0) is 4.79 Å². The molecular weight excluding hydrogens is 184 g/mol. The van der Waals surface area contributed by atoms with Gasteiger partial charge in [0.25, 0.3) is 0 Å². The SMILES string of the molecule is O=C(O)C1(C2CCCSC2)CCC1. The van der Waals surface area contributed by atoms with Crippen molar-refractivity contribution >= 4 is 17.7 Å². The van der Waals surface area contributed by atoms with Crippen molar-refractivity contribution in [3.05, 3.63) is 0 Å². The van der Waals surface area contributed by atoms with Crippen molar-refractivity contribution in [3.63, 3.8) is 0 Å². The van der Waals surface area contributed by atoms with E-state index in [1.807, 2.05) is 11.8 Å². The molecule has 1 aliphatic heterocycles. The Morgan fingerprint density at radius 3 is 2.54 bits per heavy atom. The second kappa shape index (κ2) is 3.52. The van der Waals surface area contributed by atoms with E-state index < -0.39 is 5.97 Å². The molecule has 1 heterocycles. The van der Waals surface area contributed by atoms with Crippen molar-refractivity contribution in [1.29, 1.82) is 0 Å². The molecular formula is C10H16O2S. The average Bonchev–Trinajstić information content (AvgIpc) is 2.03. The van der Waals surface area contributed by atoms with Gasteiger partial charge >= 0.3 is 5.97 Å². The van der Waals surface area contributed by atoms with Crippen molar-refractivity contribution in [2.24, 2.45) is 11.3 Å². The van der Waals surface area contributed by atoms with E-state index in [4.69, 9.17) is 0 Å². The zero-order valence-corrected chi connectivity index (χ0v) is 8.61. The first-order valence-electron chi connectivity index (χ1n) is 5.07. The summed E-state index contributed by atoms with van der Waals surface area (Å²) >= 11 is 1.93. The van der Waals surface area contributed by atoms with Gasteiger partial charge in [-0.15, -0.1) is 0 Å². The molecule has 2 aliphatic rings. The van der Waals surface area contributed by atoms with Gasteiger partial charge in [0.15, 0.2) is 0 Å². The highest BCUT2D eigenvalue weighted by atomic mass is 32.2. The fraction of sp³-hybridized carbons (Fsp3) is 0.900. The molecule has 2 fully saturated rings. The first kappa shape index (κ1) is 9.38. The minimum Gasteiger partial charge on any atom is -0.481 e. The zero-order chi connectivity index (χ0) is 9.31. The maximum Gasteiger partial charge on any atom is 0.309 e. The molecule has 0 spiro atoms. The van der Waals surface area contributed by atoms with Gasteiger partial charge in [-0.05, 0) is 43.1 Å². The summed E-state index contributed by atoms with van der Waals surface area (Å²) in [6, 6.07) is 0. The molecule has 1 saturated carbocycles. The van der Waals surface area contributed by atoms with Crippen molar-refractivity contribution < 1.29 is 9.90 Å². The van der Waals surface area contributed by atoms with Gasteiger partial charge in [0.05, 0.1) is 5.41 Å². The van der Waals surface area contributed by atoms with Crippen LogP contribution in [0.15, 0.2) is 0 Å². The van der Waals surface area contributed by atoms with E-state index in [0.717, 1.165) is 31.4 Å². The Bertz CT molecular complexity index is 205. The van der Waals surface area contributed by atoms with Crippen molar-refractivity contribution in [2.75, 3.05) is 11.5 Å². The summed E-state index contributed by atoms with van der Waals surface area (Å²) in [6.45, 7) is 0. The number of hydrogen-bond donors (Lipinski definition) is 1. The Kier molecular flexibility index (Phi) is 2.54. The molecule has 3 heteroatoms. The van der Waals surface area contributed by atoms with Crippen LogP contribution < -0.4 is 0 Å². The lowest BCUT2D eigenvalue weighted by molar-refractivity contribution is -0.159. The van der Waals surface area contributed by atoms with E-state index in [1.54, 1.807) is 0 Å². The van der Waals surface area contributed by atoms with E-state index in [0.29, 0.717) is 5.92 Å². The number of aliphatic carboxylic acids is 1. The molecule has 1 aliphatic carbocycles. The molecule has 13 heavy (non-hydrogen) atoms. The van der Waals surface area contributed by atoms with Gasteiger partial charge in [-0.2, -0.15) is 11.8 Å². The summed E-state index contributed by atoms with van der Waals surface area (Å²) in [6.07, 6.45) is 5.32. The molecule has 0 aromatic heterocycles. The molecule has 2 nitrogen and oxygen atoms in total. The fourth-order valence-corrected chi connectivity index (χ4v) is 3.84. The van der Waals surface area contributed by atoms with Gasteiger partial charge in [0.2, 0.25) is 0 Å². The number of hydrogen-bond acceptors (Lipinski definition) is 2. The highest BCUT2D eigenvalue weighted by Gasteiger charge is 2.50. The maximum absolute atomic E-state index is 11.2. The number of thioether (sulfide) groups is 1. The maximum atomic E-state index is 11.2. The van der Waals surface area contributed by atoms with Gasteiger partial charge in [-0.25, -0.2) is 0 Å². The van der Waals surface area contributed by atoms with Gasteiger partial charge in [0.1, 0.15) is 0 Å². The smallest absolute Gasteiger partial charge is 0.309 e. The number of rotatable bonds is 2. The largest absolute Gasteiger partial charge is 0.481 e. The highest BCUT2D eigenvalue weighted by molar-refractivity contribution is 7.99. The van der Waals surface area contributed by atoms with E-state index in [1.165, 1.54) is 12.2 Å². The van der Waals surface area contributed by atoms with E-state index in [-0.39, 0.29) is 5.41 Å². The molecule has 0 aromatic rings. The number of carboxylic acids is 1. The predicted octanol–water partition coefficient (Wildman–Crippen LogP) is 2.38. The Labute approximate surface area is 83.1 Å². The lowest BCUT2D eigenvalue weighted by Gasteiger charge is -2.45. The van der Waals surface area contributed by atoms with Crippen LogP contribution >= 0.6 is 11.8 Å². The Balaban J connectivity index is 2.06. The van der Waals surface area contributed by atoms with Gasteiger partial charge in [-0.3, -0.25) is 4.79 Å². The van der Waals surface area contributed by atoms with Crippen molar-refractivity contribution in [1.82, 2.24) is 0 Å². The topological polar surface area (TPSA) is 37.3 Å². The third-order valence-corrected chi connectivity index (χ3v) is 4.83. The van der Waals surface area contributed by atoms with E-state index in [2.05, 4.69) is 0 Å². The molecule has 0 bridgehead atoms. The van der Waals surface area contributed by atoms with E-state index in [9.17, 15) is 9.90 Å².